The molecule has 0 radical (unpaired) electrons. The summed E-state index contributed by atoms with van der Waals surface area (Å²) in [6.07, 6.45) is -5.29. The summed E-state index contributed by atoms with van der Waals surface area (Å²) in [6.45, 7) is 3.76. The maximum Gasteiger partial charge on any atom is 0.412 e. The largest absolute Gasteiger partial charge is 0.412 e. The Balaban J connectivity index is 1.54. The van der Waals surface area contributed by atoms with E-state index in [9.17, 15) is 22.8 Å². The van der Waals surface area contributed by atoms with Crippen LogP contribution in [0.15, 0.2) is 35.7 Å². The normalized spacial score (nSPS) is 12.4. The average Bonchev–Trinajstić information content (AvgIpc) is 3.29. The maximum atomic E-state index is 13.3. The molecule has 0 spiro atoms. The molecule has 0 aliphatic carbocycles. The minimum atomic E-state index is -4.65. The molecule has 0 aliphatic heterocycles. The summed E-state index contributed by atoms with van der Waals surface area (Å²) in [5.74, 6) is -1.37. The van der Waals surface area contributed by atoms with Gasteiger partial charge >= 0.3 is 6.18 Å². The van der Waals surface area contributed by atoms with E-state index in [1.54, 1.807) is 11.4 Å². The highest BCUT2D eigenvalue weighted by Gasteiger charge is 2.41. The van der Waals surface area contributed by atoms with Gasteiger partial charge in [0.2, 0.25) is 11.8 Å². The van der Waals surface area contributed by atoms with E-state index in [4.69, 9.17) is 0 Å². The quantitative estimate of drug-likeness (QED) is 0.510. The first-order valence-corrected chi connectivity index (χ1v) is 10.9. The van der Waals surface area contributed by atoms with Gasteiger partial charge in [-0.1, -0.05) is 30.3 Å². The molecule has 2 N–H and O–H groups in total. The fourth-order valence-electron chi connectivity index (χ4n) is 2.85. The Morgan fingerprint density at radius 2 is 1.74 bits per heavy atom. The molecule has 3 aromatic rings. The standard InChI is InChI=1S/C20H19F3N4O2S2/c1-11-17(31-12(2)24-11)14-10-30-19(25-14)27-16(29)9-8-15(28)26-18(20(21,22)23)13-6-4-3-5-7-13/h3-7,10,18H,8-9H2,1-2H3,(H,26,28)(H,25,27,29)/t18-/m1/s1. The van der Waals surface area contributed by atoms with E-state index in [1.165, 1.54) is 46.9 Å². The molecule has 164 valence electrons. The summed E-state index contributed by atoms with van der Waals surface area (Å²) in [5, 5.41) is 7.59. The number of nitrogens with one attached hydrogen (secondary N) is 2. The van der Waals surface area contributed by atoms with Gasteiger partial charge in [0.25, 0.3) is 0 Å². The zero-order valence-corrected chi connectivity index (χ0v) is 18.2. The van der Waals surface area contributed by atoms with Crippen molar-refractivity contribution < 1.29 is 22.8 Å². The zero-order valence-electron chi connectivity index (χ0n) is 16.6. The highest BCUT2D eigenvalue weighted by Crippen LogP contribution is 2.33. The lowest BCUT2D eigenvalue weighted by Gasteiger charge is -2.22. The maximum absolute atomic E-state index is 13.3. The topological polar surface area (TPSA) is 84.0 Å². The summed E-state index contributed by atoms with van der Waals surface area (Å²) in [4.78, 5) is 33.8. The van der Waals surface area contributed by atoms with Crippen LogP contribution in [0.1, 0.15) is 35.1 Å². The van der Waals surface area contributed by atoms with E-state index in [0.29, 0.717) is 10.8 Å². The summed E-state index contributed by atoms with van der Waals surface area (Å²) >= 11 is 2.72. The average molecular weight is 469 g/mol. The van der Waals surface area contributed by atoms with Crippen LogP contribution >= 0.6 is 22.7 Å². The number of carbonyl (C=O) groups excluding carboxylic acids is 2. The van der Waals surface area contributed by atoms with Gasteiger partial charge in [-0.25, -0.2) is 9.97 Å². The third-order valence-electron chi connectivity index (χ3n) is 4.23. The molecule has 1 aromatic carbocycles. The molecule has 2 heterocycles. The molecule has 11 heteroatoms. The number of hydrogen-bond acceptors (Lipinski definition) is 6. The van der Waals surface area contributed by atoms with Crippen LogP contribution in [0.2, 0.25) is 0 Å². The van der Waals surface area contributed by atoms with Crippen molar-refractivity contribution in [2.45, 2.75) is 38.9 Å². The summed E-state index contributed by atoms with van der Waals surface area (Å²) < 4.78 is 40.0. The van der Waals surface area contributed by atoms with Gasteiger partial charge in [0.05, 0.1) is 21.3 Å². The van der Waals surface area contributed by atoms with E-state index in [1.807, 2.05) is 19.2 Å². The van der Waals surface area contributed by atoms with Crippen molar-refractivity contribution in [3.63, 3.8) is 0 Å². The van der Waals surface area contributed by atoms with Crippen molar-refractivity contribution >= 4 is 39.6 Å². The minimum Gasteiger partial charge on any atom is -0.341 e. The van der Waals surface area contributed by atoms with Gasteiger partial charge in [0.1, 0.15) is 0 Å². The Morgan fingerprint density at radius 1 is 1.06 bits per heavy atom. The van der Waals surface area contributed by atoms with Gasteiger partial charge in [-0.3, -0.25) is 9.59 Å². The van der Waals surface area contributed by atoms with E-state index in [0.717, 1.165) is 15.6 Å². The number of alkyl halides is 3. The van der Waals surface area contributed by atoms with E-state index >= 15 is 0 Å². The number of thiazole rings is 2. The second kappa shape index (κ2) is 9.56. The molecule has 0 bridgehead atoms. The van der Waals surface area contributed by atoms with Gasteiger partial charge in [-0.2, -0.15) is 13.2 Å². The number of rotatable bonds is 7. The minimum absolute atomic E-state index is 0.0725. The molecule has 0 saturated heterocycles. The van der Waals surface area contributed by atoms with Crippen LogP contribution in [0.3, 0.4) is 0 Å². The van der Waals surface area contributed by atoms with Crippen LogP contribution in [0.5, 0.6) is 0 Å². The number of benzene rings is 1. The number of halogens is 3. The van der Waals surface area contributed by atoms with Crippen LogP contribution in [0.25, 0.3) is 10.6 Å². The lowest BCUT2D eigenvalue weighted by molar-refractivity contribution is -0.163. The van der Waals surface area contributed by atoms with Crippen molar-refractivity contribution in [1.29, 1.82) is 0 Å². The Kier molecular flexibility index (Phi) is 7.06. The molecule has 6 nitrogen and oxygen atoms in total. The number of anilines is 1. The molecule has 0 saturated carbocycles. The van der Waals surface area contributed by atoms with Crippen molar-refractivity contribution in [2.75, 3.05) is 5.32 Å². The van der Waals surface area contributed by atoms with E-state index in [-0.39, 0.29) is 18.4 Å². The number of aromatic nitrogens is 2. The SMILES string of the molecule is Cc1nc(C)c(-c2csc(NC(=O)CCC(=O)N[C@H](c3ccccc3)C(F)(F)F)n2)s1. The predicted molar refractivity (Wildman–Crippen MR) is 114 cm³/mol. The Labute approximate surface area is 184 Å². The van der Waals surface area contributed by atoms with Gasteiger partial charge < -0.3 is 10.6 Å². The summed E-state index contributed by atoms with van der Waals surface area (Å²) in [5.41, 5.74) is 1.47. The Bertz CT molecular complexity index is 1060. The predicted octanol–water partition coefficient (Wildman–Crippen LogP) is 5.02. The van der Waals surface area contributed by atoms with E-state index in [2.05, 4.69) is 15.3 Å². The third kappa shape index (κ3) is 6.11. The number of aryl methyl sites for hydroxylation is 2. The zero-order chi connectivity index (χ0) is 22.6. The highest BCUT2D eigenvalue weighted by atomic mass is 32.1. The highest BCUT2D eigenvalue weighted by molar-refractivity contribution is 7.16. The number of carbonyl (C=O) groups is 2. The molecule has 1 atom stereocenters. The van der Waals surface area contributed by atoms with Crippen molar-refractivity contribution in [2.24, 2.45) is 0 Å². The molecule has 0 fully saturated rings. The van der Waals surface area contributed by atoms with Crippen LogP contribution in [0.4, 0.5) is 18.3 Å². The smallest absolute Gasteiger partial charge is 0.341 e. The fraction of sp³-hybridized carbons (Fsp3) is 0.300. The second-order valence-corrected chi connectivity index (χ2v) is 8.75. The van der Waals surface area contributed by atoms with Crippen LogP contribution < -0.4 is 10.6 Å². The fourth-order valence-corrected chi connectivity index (χ4v) is 4.52. The van der Waals surface area contributed by atoms with Crippen LogP contribution in [-0.4, -0.2) is 28.0 Å². The molecular formula is C20H19F3N4O2S2. The summed E-state index contributed by atoms with van der Waals surface area (Å²) in [6, 6.07) is 4.96. The molecular weight excluding hydrogens is 449 g/mol. The van der Waals surface area contributed by atoms with E-state index < -0.39 is 24.0 Å². The van der Waals surface area contributed by atoms with Gasteiger partial charge in [-0.15, -0.1) is 22.7 Å². The van der Waals surface area contributed by atoms with Crippen LogP contribution in [0, 0.1) is 13.8 Å². The molecule has 0 unspecified atom stereocenters. The molecule has 31 heavy (non-hydrogen) atoms. The molecule has 0 aliphatic rings. The summed E-state index contributed by atoms with van der Waals surface area (Å²) in [7, 11) is 0. The lowest BCUT2D eigenvalue weighted by Crippen LogP contribution is -2.38. The number of hydrogen-bond donors (Lipinski definition) is 2. The Morgan fingerprint density at radius 3 is 2.35 bits per heavy atom. The van der Waals surface area contributed by atoms with Crippen molar-refractivity contribution in [1.82, 2.24) is 15.3 Å². The first kappa shape index (κ1) is 22.9. The monoisotopic (exact) mass is 468 g/mol. The molecule has 2 aromatic heterocycles. The second-order valence-electron chi connectivity index (χ2n) is 6.69. The van der Waals surface area contributed by atoms with Crippen LogP contribution in [-0.2, 0) is 9.59 Å². The van der Waals surface area contributed by atoms with Crippen molar-refractivity contribution in [3.8, 4) is 10.6 Å². The van der Waals surface area contributed by atoms with Gasteiger partial charge in [-0.05, 0) is 19.4 Å². The first-order valence-electron chi connectivity index (χ1n) is 9.24. The first-order chi connectivity index (χ1) is 14.6. The van der Waals surface area contributed by atoms with Gasteiger partial charge in [0, 0.05) is 18.2 Å². The lowest BCUT2D eigenvalue weighted by atomic mass is 10.1. The number of amides is 2. The third-order valence-corrected chi connectivity index (χ3v) is 6.08. The number of nitrogens with zero attached hydrogens (tertiary/aromatic N) is 2. The van der Waals surface area contributed by atoms with Gasteiger partial charge in [0.15, 0.2) is 11.2 Å². The molecule has 2 amide bonds. The van der Waals surface area contributed by atoms with Crippen molar-refractivity contribution in [3.05, 3.63) is 52.0 Å². The Hall–Kier alpha value is -2.79. The molecule has 3 rings (SSSR count).